The van der Waals surface area contributed by atoms with E-state index in [0.29, 0.717) is 0 Å². The molecule has 0 bridgehead atoms. The summed E-state index contributed by atoms with van der Waals surface area (Å²) in [5.41, 5.74) is 0. The third-order valence-electron chi connectivity index (χ3n) is 1.92. The average Bonchev–Trinajstić information content (AvgIpc) is 2.78. The van der Waals surface area contributed by atoms with Crippen molar-refractivity contribution in [1.82, 2.24) is 0 Å². The molecule has 0 N–H and O–H groups in total. The Morgan fingerprint density at radius 1 is 0.923 bits per heavy atom. The van der Waals surface area contributed by atoms with E-state index in [1.54, 1.807) is 7.93 Å². The molecule has 0 spiro atoms. The van der Waals surface area contributed by atoms with Crippen molar-refractivity contribution in [3.8, 4) is 0 Å². The maximum atomic E-state index is 3.92. The van der Waals surface area contributed by atoms with Crippen molar-refractivity contribution >= 4 is 26.6 Å². The predicted octanol–water partition coefficient (Wildman–Crippen LogP) is 4.45. The van der Waals surface area contributed by atoms with Gasteiger partial charge in [-0.3, -0.25) is 0 Å². The van der Waals surface area contributed by atoms with Crippen LogP contribution in [0.4, 0.5) is 0 Å². The van der Waals surface area contributed by atoms with Crippen molar-refractivity contribution in [3.05, 3.63) is 44.4 Å². The van der Waals surface area contributed by atoms with Crippen LogP contribution in [0.2, 0.25) is 0 Å². The van der Waals surface area contributed by atoms with Crippen LogP contribution in [-0.4, -0.2) is 0 Å². The van der Waals surface area contributed by atoms with E-state index < -0.39 is 11.9 Å². The van der Waals surface area contributed by atoms with Crippen molar-refractivity contribution < 1.29 is 11.9 Å². The Bertz CT molecular complexity index is 303. The van der Waals surface area contributed by atoms with Crippen molar-refractivity contribution in [3.63, 3.8) is 0 Å². The van der Waals surface area contributed by atoms with Gasteiger partial charge in [0, 0.05) is 0 Å². The molecule has 74 valence electrons. The molecule has 0 amide bonds. The molecule has 0 aromatic carbocycles. The Morgan fingerprint density at radius 2 is 1.38 bits per heavy atom. The van der Waals surface area contributed by atoms with Crippen molar-refractivity contribution in [2.75, 3.05) is 0 Å². The summed E-state index contributed by atoms with van der Waals surface area (Å²) < 4.78 is 3.12. The molecule has 0 saturated carbocycles. The second-order valence-corrected chi connectivity index (χ2v) is 26.1. The van der Waals surface area contributed by atoms with Crippen molar-refractivity contribution in [2.24, 2.45) is 0 Å². The first-order valence-electron chi connectivity index (χ1n) is 3.99. The van der Waals surface area contributed by atoms with Crippen LogP contribution in [0.3, 0.4) is 0 Å². The van der Waals surface area contributed by atoms with Crippen LogP contribution >= 0.6 is 26.6 Å². The van der Waals surface area contributed by atoms with Crippen LogP contribution in [0.15, 0.2) is 44.4 Å². The normalized spacial score (nSPS) is 22.0. The Hall–Kier alpha value is 0.608. The fraction of sp³-hybridized carbons (Fsp3) is 0.200. The molecular formula is C10H10Br2Pt. The van der Waals surface area contributed by atoms with E-state index >= 15 is 0 Å². The number of rotatable bonds is 2. The van der Waals surface area contributed by atoms with Crippen LogP contribution in [0.5, 0.6) is 0 Å². The van der Waals surface area contributed by atoms with Crippen molar-refractivity contribution in [1.29, 1.82) is 0 Å². The van der Waals surface area contributed by atoms with Gasteiger partial charge in [-0.2, -0.15) is 0 Å². The quantitative estimate of drug-likeness (QED) is 0.543. The Morgan fingerprint density at radius 3 is 1.69 bits per heavy atom. The van der Waals surface area contributed by atoms with E-state index in [-0.39, 0.29) is 0 Å². The van der Waals surface area contributed by atoms with Gasteiger partial charge in [-0.1, -0.05) is 0 Å². The molecule has 2 aliphatic carbocycles. The summed E-state index contributed by atoms with van der Waals surface area (Å²) in [7, 11) is 0. The number of hydrogen-bond acceptors (Lipinski definition) is 0. The number of allylic oxidation sites excluding steroid dienone is 8. The predicted molar refractivity (Wildman–Crippen MR) is 61.5 cm³/mol. The van der Waals surface area contributed by atoms with E-state index in [9.17, 15) is 0 Å². The fourth-order valence-corrected chi connectivity index (χ4v) is 11.4. The van der Waals surface area contributed by atoms with E-state index in [1.165, 1.54) is 0 Å². The third kappa shape index (κ3) is 2.00. The fourth-order valence-electron chi connectivity index (χ4n) is 1.24. The second-order valence-electron chi connectivity index (χ2n) is 2.78. The van der Waals surface area contributed by atoms with Crippen LogP contribution in [-0.2, 0) is 11.9 Å². The molecule has 0 aliphatic heterocycles. The molecular weight excluding hydrogens is 475 g/mol. The second kappa shape index (κ2) is 4.00. The average molecular weight is 485 g/mol. The van der Waals surface area contributed by atoms with E-state index in [1.807, 2.05) is 0 Å². The van der Waals surface area contributed by atoms with Crippen LogP contribution in [0.25, 0.3) is 0 Å². The molecule has 0 unspecified atom stereocenters. The molecule has 0 atom stereocenters. The van der Waals surface area contributed by atoms with Gasteiger partial charge in [0.05, 0.1) is 0 Å². The molecule has 0 fully saturated rings. The Labute approximate surface area is 95.0 Å². The maximum absolute atomic E-state index is 3.92. The first-order chi connectivity index (χ1) is 6.21. The molecule has 0 aromatic rings. The first kappa shape index (κ1) is 10.1. The molecule has 2 aliphatic rings. The summed E-state index contributed by atoms with van der Waals surface area (Å²) >= 11 is 5.77. The van der Waals surface area contributed by atoms with Gasteiger partial charge in [0.15, 0.2) is 0 Å². The van der Waals surface area contributed by atoms with Gasteiger partial charge in [-0.25, -0.2) is 0 Å². The molecule has 3 heteroatoms. The third-order valence-corrected chi connectivity index (χ3v) is 17.8. The molecule has 0 radical (unpaired) electrons. The van der Waals surface area contributed by atoms with Gasteiger partial charge >= 0.3 is 95.8 Å². The summed E-state index contributed by atoms with van der Waals surface area (Å²) in [5.74, 6) is 0. The zero-order chi connectivity index (χ0) is 9.31. The summed E-state index contributed by atoms with van der Waals surface area (Å²) in [5, 5.41) is 0. The molecule has 0 aromatic heterocycles. The Kier molecular flexibility index (Phi) is 3.12. The van der Waals surface area contributed by atoms with E-state index in [4.69, 9.17) is 0 Å². The van der Waals surface area contributed by atoms with Gasteiger partial charge in [0.1, 0.15) is 0 Å². The molecule has 2 rings (SSSR count). The minimum atomic E-state index is -2.06. The van der Waals surface area contributed by atoms with E-state index in [2.05, 4.69) is 63.1 Å². The molecule has 0 nitrogen and oxygen atoms in total. The van der Waals surface area contributed by atoms with Crippen LogP contribution < -0.4 is 0 Å². The van der Waals surface area contributed by atoms with Gasteiger partial charge in [0.25, 0.3) is 0 Å². The summed E-state index contributed by atoms with van der Waals surface area (Å²) in [4.78, 5) is 0. The summed E-state index contributed by atoms with van der Waals surface area (Å²) in [6.45, 7) is 0. The van der Waals surface area contributed by atoms with Crippen LogP contribution in [0, 0.1) is 0 Å². The van der Waals surface area contributed by atoms with Gasteiger partial charge in [-0.15, -0.1) is 0 Å². The molecule has 0 saturated heterocycles. The van der Waals surface area contributed by atoms with Gasteiger partial charge in [0.2, 0.25) is 0 Å². The SMILES string of the molecule is [Br][Pt]([Br])([C]1=CC=CC1)[C]1=CC=CC1. The number of hydrogen-bond donors (Lipinski definition) is 0. The molecule has 13 heavy (non-hydrogen) atoms. The standard InChI is InChI=1S/2C5H5.2BrH.Pt/c2*1-2-4-5-3-1;;;/h2*1-3H,4H2;2*1H;/q;;;;+2/p-2. The summed E-state index contributed by atoms with van der Waals surface area (Å²) in [6.07, 6.45) is 15.5. The summed E-state index contributed by atoms with van der Waals surface area (Å²) in [6, 6.07) is 0. The van der Waals surface area contributed by atoms with E-state index in [0.717, 1.165) is 12.8 Å². The Balaban J connectivity index is 2.20. The molecule has 0 heterocycles. The number of halogens is 2. The van der Waals surface area contributed by atoms with Crippen LogP contribution in [0.1, 0.15) is 12.8 Å². The van der Waals surface area contributed by atoms with Crippen molar-refractivity contribution in [2.45, 2.75) is 12.8 Å². The zero-order valence-electron chi connectivity index (χ0n) is 6.95. The topological polar surface area (TPSA) is 0 Å². The zero-order valence-corrected chi connectivity index (χ0v) is 12.4. The van der Waals surface area contributed by atoms with Gasteiger partial charge < -0.3 is 0 Å². The monoisotopic (exact) mass is 483 g/mol. The first-order valence-corrected chi connectivity index (χ1v) is 16.2. The van der Waals surface area contributed by atoms with Gasteiger partial charge in [-0.05, 0) is 0 Å². The minimum absolute atomic E-state index is 1.12.